The highest BCUT2D eigenvalue weighted by Crippen LogP contribution is 1.87. The molecule has 0 spiro atoms. The Bertz CT molecular complexity index is 309. The van der Waals surface area contributed by atoms with Crippen molar-refractivity contribution in [2.24, 2.45) is 5.84 Å². The minimum atomic E-state index is -0.891. The second kappa shape index (κ2) is 4.92. The molecule has 0 aliphatic rings. The van der Waals surface area contributed by atoms with Crippen molar-refractivity contribution in [1.29, 1.82) is 0 Å². The van der Waals surface area contributed by atoms with Crippen LogP contribution in [0, 0.1) is 0 Å². The van der Waals surface area contributed by atoms with Gasteiger partial charge in [0.15, 0.2) is 5.82 Å². The van der Waals surface area contributed by atoms with Crippen molar-refractivity contribution in [1.82, 2.24) is 20.9 Å². The summed E-state index contributed by atoms with van der Waals surface area (Å²) >= 11 is 0. The summed E-state index contributed by atoms with van der Waals surface area (Å²) in [4.78, 5) is 25.2. The van der Waals surface area contributed by atoms with Crippen molar-refractivity contribution in [3.05, 3.63) is 12.2 Å². The summed E-state index contributed by atoms with van der Waals surface area (Å²) < 4.78 is 4.47. The first-order chi connectivity index (χ1) is 6.74. The van der Waals surface area contributed by atoms with Crippen molar-refractivity contribution in [3.63, 3.8) is 0 Å². The van der Waals surface area contributed by atoms with Gasteiger partial charge in [-0.1, -0.05) is 5.16 Å². The standard InChI is InChI=1S/C6H9N5O3/c7-10-6(13)5(12)8-2-1-4-9-3-14-11-4/h3H,1-2,7H2,(H,8,12)(H,10,13). The molecule has 0 fully saturated rings. The second-order valence-electron chi connectivity index (χ2n) is 2.33. The minimum absolute atomic E-state index is 0.242. The van der Waals surface area contributed by atoms with Crippen LogP contribution in [-0.4, -0.2) is 28.5 Å². The van der Waals surface area contributed by atoms with E-state index in [-0.39, 0.29) is 6.54 Å². The molecule has 1 aromatic rings. The molecular weight excluding hydrogens is 190 g/mol. The summed E-state index contributed by atoms with van der Waals surface area (Å²) in [6.07, 6.45) is 1.57. The molecule has 8 nitrogen and oxygen atoms in total. The van der Waals surface area contributed by atoms with Gasteiger partial charge in [-0.2, -0.15) is 4.98 Å². The molecule has 0 saturated heterocycles. The van der Waals surface area contributed by atoms with Crippen LogP contribution in [-0.2, 0) is 16.0 Å². The van der Waals surface area contributed by atoms with Gasteiger partial charge in [0, 0.05) is 13.0 Å². The van der Waals surface area contributed by atoms with Crippen LogP contribution in [0.25, 0.3) is 0 Å². The van der Waals surface area contributed by atoms with Gasteiger partial charge in [0.2, 0.25) is 6.39 Å². The molecule has 4 N–H and O–H groups in total. The van der Waals surface area contributed by atoms with E-state index in [9.17, 15) is 9.59 Å². The average Bonchev–Trinajstić information content (AvgIpc) is 2.69. The highest BCUT2D eigenvalue weighted by Gasteiger charge is 2.10. The Kier molecular flexibility index (Phi) is 3.56. The molecule has 1 aromatic heterocycles. The van der Waals surface area contributed by atoms with Gasteiger partial charge in [0.05, 0.1) is 0 Å². The van der Waals surface area contributed by atoms with Gasteiger partial charge in [0.1, 0.15) is 0 Å². The van der Waals surface area contributed by atoms with E-state index in [1.54, 1.807) is 5.43 Å². The Hall–Kier alpha value is -1.96. The molecule has 0 atom stereocenters. The Labute approximate surface area is 78.8 Å². The molecule has 0 aliphatic heterocycles. The predicted molar refractivity (Wildman–Crippen MR) is 43.3 cm³/mol. The van der Waals surface area contributed by atoms with E-state index in [0.29, 0.717) is 12.2 Å². The van der Waals surface area contributed by atoms with E-state index in [4.69, 9.17) is 5.84 Å². The third-order valence-corrected chi connectivity index (χ3v) is 1.38. The van der Waals surface area contributed by atoms with Gasteiger partial charge in [-0.15, -0.1) is 0 Å². The van der Waals surface area contributed by atoms with E-state index in [0.717, 1.165) is 0 Å². The summed E-state index contributed by atoms with van der Waals surface area (Å²) in [5.41, 5.74) is 1.71. The Morgan fingerprint density at radius 2 is 2.29 bits per heavy atom. The molecule has 1 heterocycles. The van der Waals surface area contributed by atoms with Gasteiger partial charge >= 0.3 is 11.8 Å². The number of carbonyl (C=O) groups is 2. The van der Waals surface area contributed by atoms with Crippen molar-refractivity contribution in [2.45, 2.75) is 6.42 Å². The maximum Gasteiger partial charge on any atom is 0.323 e. The van der Waals surface area contributed by atoms with Crippen LogP contribution in [0.4, 0.5) is 0 Å². The van der Waals surface area contributed by atoms with Crippen molar-refractivity contribution in [3.8, 4) is 0 Å². The smallest absolute Gasteiger partial charge is 0.323 e. The quantitative estimate of drug-likeness (QED) is 0.218. The zero-order valence-corrected chi connectivity index (χ0v) is 7.19. The van der Waals surface area contributed by atoms with Crippen LogP contribution in [0.15, 0.2) is 10.9 Å². The number of amides is 2. The molecule has 14 heavy (non-hydrogen) atoms. The first kappa shape index (κ1) is 10.1. The fourth-order valence-electron chi connectivity index (χ4n) is 0.736. The van der Waals surface area contributed by atoms with E-state index in [2.05, 4.69) is 20.0 Å². The monoisotopic (exact) mass is 199 g/mol. The lowest BCUT2D eigenvalue weighted by atomic mass is 10.4. The first-order valence-electron chi connectivity index (χ1n) is 3.78. The normalized spacial score (nSPS) is 9.50. The maximum atomic E-state index is 10.8. The van der Waals surface area contributed by atoms with Gasteiger partial charge in [0.25, 0.3) is 0 Å². The van der Waals surface area contributed by atoms with Crippen LogP contribution in [0.5, 0.6) is 0 Å². The van der Waals surface area contributed by atoms with E-state index in [1.165, 1.54) is 6.39 Å². The third-order valence-electron chi connectivity index (χ3n) is 1.38. The molecule has 0 bridgehead atoms. The van der Waals surface area contributed by atoms with Crippen LogP contribution >= 0.6 is 0 Å². The summed E-state index contributed by atoms with van der Waals surface area (Å²) in [6.45, 7) is 0.242. The number of nitrogens with two attached hydrogens (primary N) is 1. The predicted octanol–water partition coefficient (Wildman–Crippen LogP) is -2.28. The highest BCUT2D eigenvalue weighted by molar-refractivity contribution is 6.34. The molecular formula is C6H9N5O3. The van der Waals surface area contributed by atoms with Gasteiger partial charge in [-0.25, -0.2) is 5.84 Å². The molecule has 0 unspecified atom stereocenters. The van der Waals surface area contributed by atoms with Gasteiger partial charge in [-0.3, -0.25) is 15.0 Å². The van der Waals surface area contributed by atoms with Crippen molar-refractivity contribution in [2.75, 3.05) is 6.54 Å². The molecule has 2 amide bonds. The average molecular weight is 199 g/mol. The lowest BCUT2D eigenvalue weighted by Crippen LogP contribution is -2.43. The third kappa shape index (κ3) is 2.83. The fraction of sp³-hybridized carbons (Fsp3) is 0.333. The lowest BCUT2D eigenvalue weighted by molar-refractivity contribution is -0.139. The molecule has 0 aliphatic carbocycles. The number of nitrogens with one attached hydrogen (secondary N) is 2. The summed E-state index contributed by atoms with van der Waals surface area (Å²) in [7, 11) is 0. The van der Waals surface area contributed by atoms with Crippen LogP contribution in [0.3, 0.4) is 0 Å². The first-order valence-corrected chi connectivity index (χ1v) is 3.78. The van der Waals surface area contributed by atoms with Crippen molar-refractivity contribution >= 4 is 11.8 Å². The van der Waals surface area contributed by atoms with Crippen LogP contribution < -0.4 is 16.6 Å². The number of hydrogen-bond acceptors (Lipinski definition) is 6. The van der Waals surface area contributed by atoms with E-state index < -0.39 is 11.8 Å². The lowest BCUT2D eigenvalue weighted by Gasteiger charge is -2.00. The largest absolute Gasteiger partial charge is 0.347 e. The zero-order valence-electron chi connectivity index (χ0n) is 7.19. The summed E-state index contributed by atoms with van der Waals surface area (Å²) in [6, 6.07) is 0. The van der Waals surface area contributed by atoms with Crippen LogP contribution in [0.2, 0.25) is 0 Å². The van der Waals surface area contributed by atoms with Gasteiger partial charge in [-0.05, 0) is 0 Å². The molecule has 0 saturated carbocycles. The summed E-state index contributed by atoms with van der Waals surface area (Å²) in [5, 5.41) is 5.83. The topological polar surface area (TPSA) is 123 Å². The van der Waals surface area contributed by atoms with Crippen LogP contribution in [0.1, 0.15) is 5.82 Å². The Balaban J connectivity index is 2.22. The maximum absolute atomic E-state index is 10.8. The zero-order chi connectivity index (χ0) is 10.4. The molecule has 0 radical (unpaired) electrons. The van der Waals surface area contributed by atoms with Crippen molar-refractivity contribution < 1.29 is 14.1 Å². The Morgan fingerprint density at radius 3 is 2.86 bits per heavy atom. The Morgan fingerprint density at radius 1 is 1.50 bits per heavy atom. The molecule has 1 rings (SSSR count). The molecule has 0 aromatic carbocycles. The number of hydrazine groups is 1. The van der Waals surface area contributed by atoms with Gasteiger partial charge < -0.3 is 9.84 Å². The number of nitrogens with zero attached hydrogens (tertiary/aromatic N) is 2. The second-order valence-corrected chi connectivity index (χ2v) is 2.33. The number of rotatable bonds is 3. The van der Waals surface area contributed by atoms with E-state index >= 15 is 0 Å². The SMILES string of the molecule is NNC(=O)C(=O)NCCc1ncon1. The molecule has 8 heteroatoms. The fourth-order valence-corrected chi connectivity index (χ4v) is 0.736. The number of hydrogen-bond donors (Lipinski definition) is 3. The molecule has 76 valence electrons. The number of aromatic nitrogens is 2. The van der Waals surface area contributed by atoms with E-state index in [1.807, 2.05) is 0 Å². The minimum Gasteiger partial charge on any atom is -0.347 e. The summed E-state index contributed by atoms with van der Waals surface area (Å²) in [5.74, 6) is 3.51. The number of carbonyl (C=O) groups excluding carboxylic acids is 2. The highest BCUT2D eigenvalue weighted by atomic mass is 16.5.